The van der Waals surface area contributed by atoms with E-state index in [0.717, 1.165) is 39.0 Å². The molecule has 4 heteroatoms. The Morgan fingerprint density at radius 3 is 2.60 bits per heavy atom. The van der Waals surface area contributed by atoms with Gasteiger partial charge < -0.3 is 15.4 Å². The number of methoxy groups -OCH3 is 1. The lowest BCUT2D eigenvalue weighted by molar-refractivity contribution is 0.172. The van der Waals surface area contributed by atoms with Gasteiger partial charge in [-0.3, -0.25) is 0 Å². The molecule has 0 aromatic carbocycles. The molecule has 1 saturated heterocycles. The fourth-order valence-electron chi connectivity index (χ4n) is 2.02. The Bertz CT molecular complexity index is 191. The summed E-state index contributed by atoms with van der Waals surface area (Å²) in [6.45, 7) is 4.36. The number of nitrogens with two attached hydrogens (primary N) is 1. The fourth-order valence-corrected chi connectivity index (χ4v) is 2.26. The van der Waals surface area contributed by atoms with Crippen LogP contribution < -0.4 is 5.73 Å². The lowest BCUT2D eigenvalue weighted by Gasteiger charge is -2.31. The fraction of sp³-hybridized carbons (Fsp3) is 0.909. The summed E-state index contributed by atoms with van der Waals surface area (Å²) in [5.74, 6) is 0.482. The molecule has 1 rings (SSSR count). The third kappa shape index (κ3) is 4.91. The van der Waals surface area contributed by atoms with Gasteiger partial charge in [-0.25, -0.2) is 0 Å². The topological polar surface area (TPSA) is 38.5 Å². The molecule has 0 amide bonds. The predicted octanol–water partition coefficient (Wildman–Crippen LogP) is 1.41. The van der Waals surface area contributed by atoms with Crippen LogP contribution in [0.15, 0.2) is 0 Å². The lowest BCUT2D eigenvalue weighted by atomic mass is 9.97. The van der Waals surface area contributed by atoms with Gasteiger partial charge in [-0.05, 0) is 45.3 Å². The quantitative estimate of drug-likeness (QED) is 0.553. The van der Waals surface area contributed by atoms with Crippen LogP contribution in [0.25, 0.3) is 0 Å². The van der Waals surface area contributed by atoms with Crippen molar-refractivity contribution in [1.29, 1.82) is 0 Å². The number of thiocarbonyl (C=S) groups is 1. The number of hydrogen-bond acceptors (Lipinski definition) is 3. The summed E-state index contributed by atoms with van der Waals surface area (Å²) in [5, 5.41) is 0. The van der Waals surface area contributed by atoms with Crippen LogP contribution in [0, 0.1) is 5.92 Å². The van der Waals surface area contributed by atoms with Gasteiger partial charge >= 0.3 is 0 Å². The van der Waals surface area contributed by atoms with Crippen LogP contribution in [0.4, 0.5) is 0 Å². The molecule has 1 aliphatic rings. The van der Waals surface area contributed by atoms with Crippen LogP contribution in [0.3, 0.4) is 0 Å². The van der Waals surface area contributed by atoms with Crippen LogP contribution in [-0.2, 0) is 4.74 Å². The van der Waals surface area contributed by atoms with Gasteiger partial charge in [-0.1, -0.05) is 12.2 Å². The molecule has 1 fully saturated rings. The molecule has 0 radical (unpaired) electrons. The van der Waals surface area contributed by atoms with Crippen LogP contribution in [0.5, 0.6) is 0 Å². The molecule has 0 bridgehead atoms. The van der Waals surface area contributed by atoms with Crippen molar-refractivity contribution in [3.8, 4) is 0 Å². The van der Waals surface area contributed by atoms with Crippen LogP contribution in [0.2, 0.25) is 0 Å². The van der Waals surface area contributed by atoms with Crippen molar-refractivity contribution < 1.29 is 4.74 Å². The van der Waals surface area contributed by atoms with Crippen LogP contribution in [-0.4, -0.2) is 43.2 Å². The molecular weight excluding hydrogens is 208 g/mol. The first-order chi connectivity index (χ1) is 7.24. The van der Waals surface area contributed by atoms with Gasteiger partial charge in [0.1, 0.15) is 0 Å². The summed E-state index contributed by atoms with van der Waals surface area (Å²) in [5.41, 5.74) is 5.65. The maximum atomic E-state index is 5.65. The maximum Gasteiger partial charge on any atom is 0.0759 e. The Kier molecular flexibility index (Phi) is 6.13. The maximum absolute atomic E-state index is 5.65. The van der Waals surface area contributed by atoms with Crippen molar-refractivity contribution in [3.63, 3.8) is 0 Å². The first-order valence-electron chi connectivity index (χ1n) is 5.74. The number of piperidine rings is 1. The summed E-state index contributed by atoms with van der Waals surface area (Å²) in [6.07, 6.45) is 4.66. The summed E-state index contributed by atoms with van der Waals surface area (Å²) in [7, 11) is 1.76. The molecule has 88 valence electrons. The number of unbranched alkanes of at least 4 members (excludes halogenated alkanes) is 1. The van der Waals surface area contributed by atoms with Crippen molar-refractivity contribution in [3.05, 3.63) is 0 Å². The number of nitrogens with zero attached hydrogens (tertiary/aromatic N) is 1. The third-order valence-corrected chi connectivity index (χ3v) is 3.40. The number of hydrogen-bond donors (Lipinski definition) is 1. The van der Waals surface area contributed by atoms with Gasteiger partial charge in [-0.15, -0.1) is 0 Å². The molecule has 2 N–H and O–H groups in total. The molecule has 0 unspecified atom stereocenters. The summed E-state index contributed by atoms with van der Waals surface area (Å²) in [6, 6.07) is 0. The van der Waals surface area contributed by atoms with Crippen LogP contribution in [0.1, 0.15) is 25.7 Å². The van der Waals surface area contributed by atoms with Crippen molar-refractivity contribution in [2.75, 3.05) is 33.4 Å². The highest BCUT2D eigenvalue weighted by Crippen LogP contribution is 2.17. The Hall–Kier alpha value is -0.190. The van der Waals surface area contributed by atoms with E-state index >= 15 is 0 Å². The van der Waals surface area contributed by atoms with Gasteiger partial charge in [0.05, 0.1) is 4.99 Å². The second kappa shape index (κ2) is 7.14. The highest BCUT2D eigenvalue weighted by molar-refractivity contribution is 7.80. The zero-order valence-electron chi connectivity index (χ0n) is 9.58. The second-order valence-corrected chi connectivity index (χ2v) is 4.69. The third-order valence-electron chi connectivity index (χ3n) is 3.06. The molecule has 0 aliphatic carbocycles. The molecule has 3 nitrogen and oxygen atoms in total. The van der Waals surface area contributed by atoms with Gasteiger partial charge in [0.15, 0.2) is 0 Å². The minimum Gasteiger partial charge on any atom is -0.393 e. The first-order valence-corrected chi connectivity index (χ1v) is 6.15. The number of rotatable bonds is 6. The average Bonchev–Trinajstić information content (AvgIpc) is 2.25. The minimum absolute atomic E-state index is 0.482. The monoisotopic (exact) mass is 230 g/mol. The molecular formula is C11H22N2OS. The summed E-state index contributed by atoms with van der Waals surface area (Å²) in [4.78, 5) is 3.21. The lowest BCUT2D eigenvalue weighted by Crippen LogP contribution is -2.38. The van der Waals surface area contributed by atoms with Gasteiger partial charge in [-0.2, -0.15) is 0 Å². The summed E-state index contributed by atoms with van der Waals surface area (Å²) >= 11 is 5.02. The molecule has 1 heterocycles. The smallest absolute Gasteiger partial charge is 0.0759 e. The van der Waals surface area contributed by atoms with E-state index in [1.54, 1.807) is 7.11 Å². The normalized spacial score (nSPS) is 19.3. The highest BCUT2D eigenvalue weighted by atomic mass is 32.1. The predicted molar refractivity (Wildman–Crippen MR) is 67.1 cm³/mol. The summed E-state index contributed by atoms with van der Waals surface area (Å²) < 4.78 is 5.03. The van der Waals surface area contributed by atoms with E-state index in [1.807, 2.05) is 0 Å². The van der Waals surface area contributed by atoms with E-state index in [2.05, 4.69) is 4.90 Å². The van der Waals surface area contributed by atoms with Crippen molar-refractivity contribution in [2.24, 2.45) is 11.7 Å². The zero-order valence-corrected chi connectivity index (χ0v) is 10.4. The largest absolute Gasteiger partial charge is 0.393 e. The standard InChI is InChI=1S/C11H22N2OS/c1-14-9-3-2-6-13-7-4-10(5-8-13)11(12)15/h10H,2-9H2,1H3,(H2,12,15). The molecule has 0 spiro atoms. The van der Waals surface area contributed by atoms with E-state index < -0.39 is 0 Å². The molecule has 0 atom stereocenters. The number of likely N-dealkylation sites (tertiary alicyclic amines) is 1. The molecule has 15 heavy (non-hydrogen) atoms. The Morgan fingerprint density at radius 2 is 2.07 bits per heavy atom. The highest BCUT2D eigenvalue weighted by Gasteiger charge is 2.20. The van der Waals surface area contributed by atoms with E-state index in [-0.39, 0.29) is 0 Å². The number of ether oxygens (including phenoxy) is 1. The SMILES string of the molecule is COCCCCN1CCC(C(N)=S)CC1. The van der Waals surface area contributed by atoms with Crippen LogP contribution >= 0.6 is 12.2 Å². The van der Waals surface area contributed by atoms with E-state index in [9.17, 15) is 0 Å². The van der Waals surface area contributed by atoms with E-state index in [0.29, 0.717) is 10.9 Å². The van der Waals surface area contributed by atoms with Gasteiger partial charge in [0, 0.05) is 19.6 Å². The average molecular weight is 230 g/mol. The van der Waals surface area contributed by atoms with Crippen molar-refractivity contribution >= 4 is 17.2 Å². The molecule has 0 saturated carbocycles. The Labute approximate surface area is 98.0 Å². The van der Waals surface area contributed by atoms with Crippen molar-refractivity contribution in [1.82, 2.24) is 4.90 Å². The molecule has 0 aromatic heterocycles. The van der Waals surface area contributed by atoms with E-state index in [1.165, 1.54) is 13.0 Å². The Morgan fingerprint density at radius 1 is 1.40 bits per heavy atom. The second-order valence-electron chi connectivity index (χ2n) is 4.22. The van der Waals surface area contributed by atoms with Gasteiger partial charge in [0.25, 0.3) is 0 Å². The zero-order chi connectivity index (χ0) is 11.1. The first kappa shape index (κ1) is 12.9. The van der Waals surface area contributed by atoms with E-state index in [4.69, 9.17) is 22.7 Å². The molecule has 0 aromatic rings. The molecule has 1 aliphatic heterocycles. The minimum atomic E-state index is 0.482. The Balaban J connectivity index is 2.07. The van der Waals surface area contributed by atoms with Gasteiger partial charge in [0.2, 0.25) is 0 Å². The van der Waals surface area contributed by atoms with Crippen molar-refractivity contribution in [2.45, 2.75) is 25.7 Å².